The van der Waals surface area contributed by atoms with Crippen LogP contribution in [0.2, 0.25) is 0 Å². The van der Waals surface area contributed by atoms with Crippen LogP contribution in [-0.4, -0.2) is 40.2 Å². The lowest BCUT2D eigenvalue weighted by molar-refractivity contribution is -0.141. The predicted molar refractivity (Wildman–Crippen MR) is 138 cm³/mol. The van der Waals surface area contributed by atoms with Crippen LogP contribution in [0.5, 0.6) is 0 Å². The zero-order valence-corrected chi connectivity index (χ0v) is 21.6. The quantitative estimate of drug-likeness (QED) is 0.478. The second-order valence-corrected chi connectivity index (χ2v) is 10.6. The number of aryl methyl sites for hydroxylation is 1. The van der Waals surface area contributed by atoms with Gasteiger partial charge in [-0.15, -0.1) is 11.3 Å². The second kappa shape index (κ2) is 10.6. The summed E-state index contributed by atoms with van der Waals surface area (Å²) in [5.74, 6) is 5.29. The van der Waals surface area contributed by atoms with Crippen LogP contribution in [0.4, 0.5) is 13.2 Å². The number of nitrogens with one attached hydrogen (secondary N) is 1. The highest BCUT2D eigenvalue weighted by Gasteiger charge is 2.39. The fraction of sp³-hybridized carbons (Fsp3) is 0.393. The number of nitrogens with zero attached hydrogens (tertiary/aromatic N) is 4. The number of nitriles is 1. The van der Waals surface area contributed by atoms with E-state index in [1.165, 1.54) is 22.2 Å². The number of carbonyl (C=O) groups is 1. The van der Waals surface area contributed by atoms with E-state index in [0.717, 1.165) is 36.4 Å². The molecule has 0 spiro atoms. The number of rotatable bonds is 3. The van der Waals surface area contributed by atoms with Gasteiger partial charge in [-0.25, -0.2) is 0 Å². The maximum atomic E-state index is 14.0. The van der Waals surface area contributed by atoms with Gasteiger partial charge in [0, 0.05) is 48.1 Å². The van der Waals surface area contributed by atoms with Crippen LogP contribution in [0.1, 0.15) is 52.3 Å². The summed E-state index contributed by atoms with van der Waals surface area (Å²) in [6.45, 7) is 4.31. The summed E-state index contributed by atoms with van der Waals surface area (Å²) in [6.07, 6.45) is -1.24. The SMILES string of the molecule is CCn1cc(-c2ccccc2[C@@H]2CN(C(=O)C#CC3CCCNC3)Cc3sc(C#N)cc32)c(C(F)(F)F)n1. The lowest BCUT2D eigenvalue weighted by Crippen LogP contribution is -2.37. The van der Waals surface area contributed by atoms with Crippen LogP contribution in [0.25, 0.3) is 11.1 Å². The number of carbonyl (C=O) groups excluding carboxylic acids is 1. The third-order valence-electron chi connectivity index (χ3n) is 7.01. The van der Waals surface area contributed by atoms with E-state index >= 15 is 0 Å². The first-order valence-electron chi connectivity index (χ1n) is 12.6. The smallest absolute Gasteiger partial charge is 0.326 e. The van der Waals surface area contributed by atoms with E-state index in [4.69, 9.17) is 0 Å². The van der Waals surface area contributed by atoms with Crippen molar-refractivity contribution in [1.82, 2.24) is 20.0 Å². The van der Waals surface area contributed by atoms with Crippen molar-refractivity contribution >= 4 is 17.2 Å². The summed E-state index contributed by atoms with van der Waals surface area (Å²) in [6, 6.07) is 10.9. The number of halogens is 3. The first-order valence-corrected chi connectivity index (χ1v) is 13.4. The zero-order chi connectivity index (χ0) is 26.9. The van der Waals surface area contributed by atoms with Crippen molar-refractivity contribution in [2.45, 2.75) is 44.9 Å². The van der Waals surface area contributed by atoms with Crippen molar-refractivity contribution in [3.05, 3.63) is 63.1 Å². The number of piperidine rings is 1. The number of alkyl halides is 3. The predicted octanol–water partition coefficient (Wildman–Crippen LogP) is 5.00. The molecule has 4 heterocycles. The maximum absolute atomic E-state index is 14.0. The second-order valence-electron chi connectivity index (χ2n) is 9.48. The Morgan fingerprint density at radius 3 is 2.79 bits per heavy atom. The Bertz CT molecular complexity index is 1450. The number of benzene rings is 1. The normalized spacial score (nSPS) is 19.3. The highest BCUT2D eigenvalue weighted by Crippen LogP contribution is 2.44. The van der Waals surface area contributed by atoms with E-state index in [1.807, 2.05) is 0 Å². The van der Waals surface area contributed by atoms with Gasteiger partial charge in [0.25, 0.3) is 5.91 Å². The number of thiophene rings is 1. The monoisotopic (exact) mass is 537 g/mol. The Morgan fingerprint density at radius 2 is 2.08 bits per heavy atom. The van der Waals surface area contributed by atoms with Gasteiger partial charge in [-0.05, 0) is 55.0 Å². The molecule has 0 radical (unpaired) electrons. The first kappa shape index (κ1) is 26.0. The third kappa shape index (κ3) is 5.20. The first-order chi connectivity index (χ1) is 18.3. The molecule has 196 valence electrons. The largest absolute Gasteiger partial charge is 0.435 e. The molecule has 1 amide bonds. The lowest BCUT2D eigenvalue weighted by Gasteiger charge is -2.33. The molecule has 2 aliphatic rings. The summed E-state index contributed by atoms with van der Waals surface area (Å²) in [4.78, 5) is 16.2. The summed E-state index contributed by atoms with van der Waals surface area (Å²) in [5.41, 5.74) is 0.989. The van der Waals surface area contributed by atoms with Gasteiger partial charge in [-0.1, -0.05) is 30.2 Å². The number of hydrogen-bond acceptors (Lipinski definition) is 5. The van der Waals surface area contributed by atoms with Crippen LogP contribution in [-0.2, 0) is 24.1 Å². The molecule has 3 aromatic rings. The number of amides is 1. The minimum atomic E-state index is -4.62. The van der Waals surface area contributed by atoms with Crippen molar-refractivity contribution in [3.63, 3.8) is 0 Å². The standard InChI is InChI=1S/C28H26F3N5OS/c1-2-36-16-24(27(34-36)28(29,30)31)21-8-4-3-7-20(21)23-15-35(17-25-22(23)12-19(13-32)38-25)26(37)10-9-18-6-5-11-33-14-18/h3-4,7-8,12,16,18,23,33H,2,5-6,11,14-15,17H2,1H3/t18?,23-/m0/s1. The summed E-state index contributed by atoms with van der Waals surface area (Å²) in [5, 5.41) is 16.6. The Balaban J connectivity index is 1.56. The van der Waals surface area contributed by atoms with Gasteiger partial charge in [0.05, 0.1) is 6.54 Å². The molecule has 1 fully saturated rings. The minimum absolute atomic E-state index is 0.000256. The molecule has 1 aromatic carbocycles. The fourth-order valence-corrected chi connectivity index (χ4v) is 6.18. The van der Waals surface area contributed by atoms with Crippen LogP contribution < -0.4 is 5.32 Å². The Hall–Kier alpha value is -3.60. The number of aromatic nitrogens is 2. The van der Waals surface area contributed by atoms with Crippen LogP contribution in [0.15, 0.2) is 36.5 Å². The van der Waals surface area contributed by atoms with Gasteiger partial charge in [-0.2, -0.15) is 23.5 Å². The van der Waals surface area contributed by atoms with Crippen molar-refractivity contribution < 1.29 is 18.0 Å². The average Bonchev–Trinajstić information content (AvgIpc) is 3.56. The molecule has 38 heavy (non-hydrogen) atoms. The van der Waals surface area contributed by atoms with Crippen LogP contribution in [0.3, 0.4) is 0 Å². The van der Waals surface area contributed by atoms with Crippen molar-refractivity contribution in [2.75, 3.05) is 19.6 Å². The molecule has 0 saturated carbocycles. The molecule has 1 N–H and O–H groups in total. The number of hydrogen-bond donors (Lipinski definition) is 1. The molecule has 0 bridgehead atoms. The fourth-order valence-electron chi connectivity index (χ4n) is 5.15. The van der Waals surface area contributed by atoms with Gasteiger partial charge in [0.2, 0.25) is 0 Å². The van der Waals surface area contributed by atoms with Gasteiger partial charge in [0.15, 0.2) is 5.69 Å². The van der Waals surface area contributed by atoms with E-state index in [9.17, 15) is 23.2 Å². The summed E-state index contributed by atoms with van der Waals surface area (Å²) < 4.78 is 43.2. The molecule has 2 aliphatic heterocycles. The minimum Gasteiger partial charge on any atom is -0.326 e. The average molecular weight is 538 g/mol. The Morgan fingerprint density at radius 1 is 1.26 bits per heavy atom. The molecule has 2 atom stereocenters. The molecule has 2 aromatic heterocycles. The lowest BCUT2D eigenvalue weighted by atomic mass is 9.83. The molecule has 0 aliphatic carbocycles. The Labute approximate surface area is 223 Å². The topological polar surface area (TPSA) is 74.0 Å². The van der Waals surface area contributed by atoms with E-state index in [0.29, 0.717) is 29.1 Å². The van der Waals surface area contributed by atoms with Crippen molar-refractivity contribution in [3.8, 4) is 29.0 Å². The van der Waals surface area contributed by atoms with E-state index in [1.54, 1.807) is 42.2 Å². The van der Waals surface area contributed by atoms with E-state index < -0.39 is 17.8 Å². The molecule has 10 heteroatoms. The highest BCUT2D eigenvalue weighted by atomic mass is 32.1. The van der Waals surface area contributed by atoms with Crippen LogP contribution in [0, 0.1) is 29.1 Å². The summed E-state index contributed by atoms with van der Waals surface area (Å²) in [7, 11) is 0. The maximum Gasteiger partial charge on any atom is 0.435 e. The Kier molecular flexibility index (Phi) is 7.29. The van der Waals surface area contributed by atoms with E-state index in [-0.39, 0.29) is 23.9 Å². The molecule has 5 rings (SSSR count). The van der Waals surface area contributed by atoms with Gasteiger partial charge >= 0.3 is 6.18 Å². The molecule has 6 nitrogen and oxygen atoms in total. The molecule has 1 unspecified atom stereocenters. The zero-order valence-electron chi connectivity index (χ0n) is 20.8. The van der Waals surface area contributed by atoms with Gasteiger partial charge in [0.1, 0.15) is 10.9 Å². The molecular formula is C28H26F3N5OS. The number of fused-ring (bicyclic) bond motifs is 1. The van der Waals surface area contributed by atoms with Crippen LogP contribution >= 0.6 is 11.3 Å². The molecular weight excluding hydrogens is 511 g/mol. The molecule has 1 saturated heterocycles. The third-order valence-corrected chi connectivity index (χ3v) is 8.05. The van der Waals surface area contributed by atoms with Crippen molar-refractivity contribution in [1.29, 1.82) is 5.26 Å². The summed E-state index contributed by atoms with van der Waals surface area (Å²) >= 11 is 1.31. The highest BCUT2D eigenvalue weighted by molar-refractivity contribution is 7.12. The van der Waals surface area contributed by atoms with Gasteiger partial charge in [-0.3, -0.25) is 9.48 Å². The van der Waals surface area contributed by atoms with Gasteiger partial charge < -0.3 is 10.2 Å². The van der Waals surface area contributed by atoms with Crippen molar-refractivity contribution in [2.24, 2.45) is 5.92 Å². The van der Waals surface area contributed by atoms with E-state index in [2.05, 4.69) is 28.3 Å².